The van der Waals surface area contributed by atoms with Gasteiger partial charge in [0.05, 0.1) is 0 Å². The van der Waals surface area contributed by atoms with E-state index in [1.165, 1.54) is 25.9 Å². The predicted molar refractivity (Wildman–Crippen MR) is 35.9 cm³/mol. The lowest BCUT2D eigenvalue weighted by Gasteiger charge is -2.18. The molecule has 48 valence electrons. The molecule has 1 saturated heterocycles. The number of hydrogen-bond acceptors (Lipinski definition) is 1. The number of rotatable bonds is 1. The summed E-state index contributed by atoms with van der Waals surface area (Å²) >= 11 is 0. The van der Waals surface area contributed by atoms with E-state index in [2.05, 4.69) is 18.7 Å². The molecule has 0 unspecified atom stereocenters. The van der Waals surface area contributed by atoms with E-state index in [9.17, 15) is 0 Å². The topological polar surface area (TPSA) is 3.24 Å². The third-order valence-electron chi connectivity index (χ3n) is 1.87. The lowest BCUT2D eigenvalue weighted by Crippen LogP contribution is -2.26. The molecule has 0 saturated carbocycles. The maximum Gasteiger partial charge on any atom is 0.00385 e. The molecule has 1 aliphatic heterocycles. The van der Waals surface area contributed by atoms with Crippen LogP contribution in [0.2, 0.25) is 0 Å². The predicted octanol–water partition coefficient (Wildman–Crippen LogP) is 1.49. The Morgan fingerprint density at radius 2 is 1.62 bits per heavy atom. The summed E-state index contributed by atoms with van der Waals surface area (Å²) in [7, 11) is 0. The molecule has 1 nitrogen and oxygen atoms in total. The van der Waals surface area contributed by atoms with Gasteiger partial charge in [-0.1, -0.05) is 0 Å². The van der Waals surface area contributed by atoms with E-state index in [0.717, 1.165) is 6.04 Å². The SMILES string of the molecule is CC(C)N1CCCC1. The van der Waals surface area contributed by atoms with Crippen LogP contribution in [0.1, 0.15) is 26.7 Å². The Kier molecular flexibility index (Phi) is 1.90. The van der Waals surface area contributed by atoms with Crippen LogP contribution in [0.3, 0.4) is 0 Å². The number of nitrogens with zero attached hydrogens (tertiary/aromatic N) is 1. The van der Waals surface area contributed by atoms with E-state index in [1.807, 2.05) is 0 Å². The molecule has 1 fully saturated rings. The van der Waals surface area contributed by atoms with Crippen molar-refractivity contribution in [2.75, 3.05) is 13.1 Å². The Morgan fingerprint density at radius 1 is 1.12 bits per heavy atom. The summed E-state index contributed by atoms with van der Waals surface area (Å²) in [6, 6.07) is 0.775. The first kappa shape index (κ1) is 6.09. The van der Waals surface area contributed by atoms with Gasteiger partial charge < -0.3 is 4.90 Å². The number of hydrogen-bond donors (Lipinski definition) is 0. The lowest BCUT2D eigenvalue weighted by atomic mass is 10.3. The van der Waals surface area contributed by atoms with Gasteiger partial charge in [-0.2, -0.15) is 0 Å². The highest BCUT2D eigenvalue weighted by atomic mass is 15.2. The van der Waals surface area contributed by atoms with Crippen LogP contribution in [-0.2, 0) is 0 Å². The van der Waals surface area contributed by atoms with Crippen molar-refractivity contribution in [1.29, 1.82) is 0 Å². The van der Waals surface area contributed by atoms with Gasteiger partial charge in [-0.25, -0.2) is 0 Å². The molecule has 0 bridgehead atoms. The molecule has 1 aliphatic rings. The molecule has 0 radical (unpaired) electrons. The fourth-order valence-corrected chi connectivity index (χ4v) is 1.26. The second-order valence-corrected chi connectivity index (χ2v) is 2.84. The molecule has 0 aromatic heterocycles. The molecule has 0 amide bonds. The zero-order valence-electron chi connectivity index (χ0n) is 5.85. The zero-order chi connectivity index (χ0) is 5.98. The molecule has 0 spiro atoms. The molecule has 1 rings (SSSR count). The second-order valence-electron chi connectivity index (χ2n) is 2.84. The van der Waals surface area contributed by atoms with E-state index >= 15 is 0 Å². The first-order chi connectivity index (χ1) is 3.80. The molecule has 0 atom stereocenters. The summed E-state index contributed by atoms with van der Waals surface area (Å²) < 4.78 is 0. The first-order valence-electron chi connectivity index (χ1n) is 3.55. The summed E-state index contributed by atoms with van der Waals surface area (Å²) in [6.45, 7) is 7.20. The molecular formula is C7H15N. The van der Waals surface area contributed by atoms with Crippen LogP contribution in [0.15, 0.2) is 0 Å². The van der Waals surface area contributed by atoms with Gasteiger partial charge in [-0.3, -0.25) is 0 Å². The Labute approximate surface area is 51.7 Å². The van der Waals surface area contributed by atoms with Crippen LogP contribution < -0.4 is 0 Å². The second kappa shape index (κ2) is 2.49. The largest absolute Gasteiger partial charge is 0.301 e. The average Bonchev–Trinajstić information content (AvgIpc) is 2.12. The van der Waals surface area contributed by atoms with E-state index in [-0.39, 0.29) is 0 Å². The standard InChI is InChI=1S/C7H15N/c1-7(2)8-5-3-4-6-8/h7H,3-6H2,1-2H3. The van der Waals surface area contributed by atoms with Crippen LogP contribution in [0.4, 0.5) is 0 Å². The van der Waals surface area contributed by atoms with E-state index in [4.69, 9.17) is 0 Å². The maximum absolute atomic E-state index is 2.53. The summed E-state index contributed by atoms with van der Waals surface area (Å²) in [5.41, 5.74) is 0. The lowest BCUT2D eigenvalue weighted by molar-refractivity contribution is 0.276. The van der Waals surface area contributed by atoms with Crippen molar-refractivity contribution in [2.45, 2.75) is 32.7 Å². The van der Waals surface area contributed by atoms with Crippen LogP contribution in [0.25, 0.3) is 0 Å². The summed E-state index contributed by atoms with van der Waals surface area (Å²) in [5, 5.41) is 0. The Morgan fingerprint density at radius 3 is 1.88 bits per heavy atom. The average molecular weight is 113 g/mol. The third kappa shape index (κ3) is 1.22. The Hall–Kier alpha value is -0.0400. The number of likely N-dealkylation sites (tertiary alicyclic amines) is 1. The monoisotopic (exact) mass is 113 g/mol. The van der Waals surface area contributed by atoms with E-state index in [1.54, 1.807) is 0 Å². The maximum atomic E-state index is 2.53. The minimum absolute atomic E-state index is 0.775. The molecular weight excluding hydrogens is 98.1 g/mol. The van der Waals surface area contributed by atoms with Crippen molar-refractivity contribution in [1.82, 2.24) is 4.90 Å². The van der Waals surface area contributed by atoms with Gasteiger partial charge in [0.15, 0.2) is 0 Å². The summed E-state index contributed by atoms with van der Waals surface area (Å²) in [5.74, 6) is 0. The molecule has 1 heterocycles. The molecule has 0 N–H and O–H groups in total. The highest BCUT2D eigenvalue weighted by Crippen LogP contribution is 2.09. The van der Waals surface area contributed by atoms with E-state index < -0.39 is 0 Å². The smallest absolute Gasteiger partial charge is 0.00385 e. The van der Waals surface area contributed by atoms with Crippen molar-refractivity contribution in [2.24, 2.45) is 0 Å². The molecule has 0 aliphatic carbocycles. The minimum Gasteiger partial charge on any atom is -0.301 e. The van der Waals surface area contributed by atoms with Gasteiger partial charge in [0, 0.05) is 6.04 Å². The highest BCUT2D eigenvalue weighted by Gasteiger charge is 2.13. The van der Waals surface area contributed by atoms with Crippen molar-refractivity contribution in [3.8, 4) is 0 Å². The minimum atomic E-state index is 0.775. The van der Waals surface area contributed by atoms with Crippen molar-refractivity contribution in [3.05, 3.63) is 0 Å². The van der Waals surface area contributed by atoms with Gasteiger partial charge in [0.2, 0.25) is 0 Å². The Bertz CT molecular complexity index is 62.8. The molecule has 0 aromatic carbocycles. The van der Waals surface area contributed by atoms with Gasteiger partial charge in [-0.05, 0) is 39.8 Å². The van der Waals surface area contributed by atoms with Crippen molar-refractivity contribution >= 4 is 0 Å². The van der Waals surface area contributed by atoms with Gasteiger partial charge in [-0.15, -0.1) is 0 Å². The molecule has 0 aromatic rings. The summed E-state index contributed by atoms with van der Waals surface area (Å²) in [4.78, 5) is 2.53. The third-order valence-corrected chi connectivity index (χ3v) is 1.87. The van der Waals surface area contributed by atoms with Crippen LogP contribution >= 0.6 is 0 Å². The van der Waals surface area contributed by atoms with Gasteiger partial charge in [0.25, 0.3) is 0 Å². The fraction of sp³-hybridized carbons (Fsp3) is 1.00. The van der Waals surface area contributed by atoms with Crippen LogP contribution in [0.5, 0.6) is 0 Å². The van der Waals surface area contributed by atoms with E-state index in [0.29, 0.717) is 0 Å². The van der Waals surface area contributed by atoms with Crippen molar-refractivity contribution in [3.63, 3.8) is 0 Å². The quantitative estimate of drug-likeness (QED) is 0.498. The van der Waals surface area contributed by atoms with Crippen LogP contribution in [-0.4, -0.2) is 24.0 Å². The van der Waals surface area contributed by atoms with Gasteiger partial charge in [0.1, 0.15) is 0 Å². The summed E-state index contributed by atoms with van der Waals surface area (Å²) in [6.07, 6.45) is 2.83. The van der Waals surface area contributed by atoms with Crippen molar-refractivity contribution < 1.29 is 0 Å². The van der Waals surface area contributed by atoms with Gasteiger partial charge >= 0.3 is 0 Å². The molecule has 1 heteroatoms. The Balaban J connectivity index is 2.24. The fourth-order valence-electron chi connectivity index (χ4n) is 1.26. The first-order valence-corrected chi connectivity index (χ1v) is 3.55. The zero-order valence-corrected chi connectivity index (χ0v) is 5.85. The van der Waals surface area contributed by atoms with Crippen LogP contribution in [0, 0.1) is 0 Å². The highest BCUT2D eigenvalue weighted by molar-refractivity contribution is 4.68. The molecule has 8 heavy (non-hydrogen) atoms. The normalized spacial score (nSPS) is 22.9.